The molecule has 2 rings (SSSR count). The normalized spacial score (nSPS) is 10.2. The Balaban J connectivity index is 2.46. The summed E-state index contributed by atoms with van der Waals surface area (Å²) in [5, 5.41) is 10.9. The van der Waals surface area contributed by atoms with Gasteiger partial charge >= 0.3 is 0 Å². The van der Waals surface area contributed by atoms with Crippen LogP contribution in [0.15, 0.2) is 36.4 Å². The van der Waals surface area contributed by atoms with Crippen LogP contribution in [0.5, 0.6) is 11.5 Å². The quantitative estimate of drug-likeness (QED) is 0.484. The molecule has 0 saturated heterocycles. The summed E-state index contributed by atoms with van der Waals surface area (Å²) >= 11 is 0. The third-order valence-electron chi connectivity index (χ3n) is 2.99. The van der Waals surface area contributed by atoms with Crippen molar-refractivity contribution in [3.8, 4) is 11.5 Å². The van der Waals surface area contributed by atoms with Crippen molar-refractivity contribution in [2.75, 3.05) is 0 Å². The van der Waals surface area contributed by atoms with Crippen molar-refractivity contribution in [3.05, 3.63) is 63.5 Å². The van der Waals surface area contributed by atoms with Crippen LogP contribution < -0.4 is 4.74 Å². The molecule has 21 heavy (non-hydrogen) atoms. The molecule has 0 aliphatic heterocycles. The van der Waals surface area contributed by atoms with Crippen LogP contribution in [0.25, 0.3) is 0 Å². The number of rotatable bonds is 4. The molecule has 0 aliphatic rings. The second kappa shape index (κ2) is 5.70. The molecular weight excluding hydrogens is 277 g/mol. The average molecular weight is 289 g/mol. The van der Waals surface area contributed by atoms with Crippen LogP contribution >= 0.6 is 0 Å². The zero-order chi connectivity index (χ0) is 15.6. The molecule has 0 bridgehead atoms. The number of carbonyl (C=O) groups excluding carboxylic acids is 1. The Morgan fingerprint density at radius 2 is 1.95 bits per heavy atom. The topological polar surface area (TPSA) is 69.4 Å². The molecule has 0 unspecified atom stereocenters. The predicted molar refractivity (Wildman–Crippen MR) is 74.3 cm³/mol. The molecular formula is C15H12FNO4. The molecule has 0 aromatic heterocycles. The maximum absolute atomic E-state index is 13.2. The second-order valence-electron chi connectivity index (χ2n) is 4.46. The molecule has 0 heterocycles. The van der Waals surface area contributed by atoms with Gasteiger partial charge in [-0.2, -0.15) is 0 Å². The van der Waals surface area contributed by atoms with Crippen molar-refractivity contribution in [1.82, 2.24) is 0 Å². The van der Waals surface area contributed by atoms with Crippen LogP contribution in [0.4, 0.5) is 10.1 Å². The fourth-order valence-electron chi connectivity index (χ4n) is 1.90. The SMILES string of the molecule is CC(=O)c1cc(F)ccc1Oc1cccc([N+](=O)[O-])c1C. The average Bonchev–Trinajstić information content (AvgIpc) is 2.42. The molecule has 0 aliphatic carbocycles. The van der Waals surface area contributed by atoms with E-state index in [1.165, 1.54) is 25.1 Å². The summed E-state index contributed by atoms with van der Waals surface area (Å²) in [5.41, 5.74) is 0.334. The number of ketones is 1. The van der Waals surface area contributed by atoms with Crippen molar-refractivity contribution in [2.45, 2.75) is 13.8 Å². The van der Waals surface area contributed by atoms with Crippen LogP contribution in [0, 0.1) is 22.9 Å². The van der Waals surface area contributed by atoms with Crippen LogP contribution in [-0.4, -0.2) is 10.7 Å². The minimum atomic E-state index is -0.552. The van der Waals surface area contributed by atoms with E-state index in [1.54, 1.807) is 13.0 Å². The zero-order valence-electron chi connectivity index (χ0n) is 11.4. The molecule has 108 valence electrons. The standard InChI is InChI=1S/C15H12FNO4/c1-9-13(17(19)20)4-3-5-14(9)21-15-7-6-11(16)8-12(15)10(2)18/h3-8H,1-2H3. The predicted octanol–water partition coefficient (Wildman–Crippen LogP) is 4.04. The third kappa shape index (κ3) is 3.05. The van der Waals surface area contributed by atoms with Crippen molar-refractivity contribution in [1.29, 1.82) is 0 Å². The number of benzene rings is 2. The van der Waals surface area contributed by atoms with Crippen molar-refractivity contribution in [2.24, 2.45) is 0 Å². The van der Waals surface area contributed by atoms with Crippen molar-refractivity contribution in [3.63, 3.8) is 0 Å². The minimum absolute atomic E-state index is 0.0842. The van der Waals surface area contributed by atoms with E-state index in [4.69, 9.17) is 4.74 Å². The number of hydrogen-bond donors (Lipinski definition) is 0. The van der Waals surface area contributed by atoms with Gasteiger partial charge in [0.25, 0.3) is 5.69 Å². The Bertz CT molecular complexity index is 728. The summed E-state index contributed by atoms with van der Waals surface area (Å²) in [7, 11) is 0. The Hall–Kier alpha value is -2.76. The van der Waals surface area contributed by atoms with Crippen LogP contribution in [0.1, 0.15) is 22.8 Å². The fraction of sp³-hybridized carbons (Fsp3) is 0.133. The van der Waals surface area contributed by atoms with Crippen LogP contribution in [0.2, 0.25) is 0 Å². The van der Waals surface area contributed by atoms with Crippen LogP contribution in [-0.2, 0) is 0 Å². The summed E-state index contributed by atoms with van der Waals surface area (Å²) in [6, 6.07) is 7.95. The Kier molecular flexibility index (Phi) is 3.98. The molecule has 0 atom stereocenters. The molecule has 0 fully saturated rings. The van der Waals surface area contributed by atoms with E-state index in [9.17, 15) is 19.3 Å². The lowest BCUT2D eigenvalue weighted by Crippen LogP contribution is -2.00. The number of nitrogens with zero attached hydrogens (tertiary/aromatic N) is 1. The summed E-state index contributed by atoms with van der Waals surface area (Å²) in [5.74, 6) is -0.498. The minimum Gasteiger partial charge on any atom is -0.456 e. The first kappa shape index (κ1) is 14.6. The van der Waals surface area contributed by atoms with Gasteiger partial charge in [0, 0.05) is 6.07 Å². The lowest BCUT2D eigenvalue weighted by Gasteiger charge is -2.11. The van der Waals surface area contributed by atoms with E-state index >= 15 is 0 Å². The first-order chi connectivity index (χ1) is 9.90. The Morgan fingerprint density at radius 3 is 2.57 bits per heavy atom. The lowest BCUT2D eigenvalue weighted by molar-refractivity contribution is -0.385. The Morgan fingerprint density at radius 1 is 1.24 bits per heavy atom. The number of ether oxygens (including phenoxy) is 1. The number of halogens is 1. The van der Waals surface area contributed by atoms with E-state index in [0.29, 0.717) is 5.56 Å². The summed E-state index contributed by atoms with van der Waals surface area (Å²) in [6.07, 6.45) is 0. The number of hydrogen-bond acceptors (Lipinski definition) is 4. The highest BCUT2D eigenvalue weighted by Gasteiger charge is 2.17. The first-order valence-corrected chi connectivity index (χ1v) is 6.12. The number of nitro benzene ring substituents is 1. The van der Waals surface area contributed by atoms with Gasteiger partial charge in [0.15, 0.2) is 5.78 Å². The molecule has 0 spiro atoms. The highest BCUT2D eigenvalue weighted by atomic mass is 19.1. The summed E-state index contributed by atoms with van der Waals surface area (Å²) in [4.78, 5) is 21.9. The second-order valence-corrected chi connectivity index (χ2v) is 4.46. The molecule has 0 radical (unpaired) electrons. The smallest absolute Gasteiger partial charge is 0.276 e. The highest BCUT2D eigenvalue weighted by molar-refractivity contribution is 5.96. The molecule has 5 nitrogen and oxygen atoms in total. The molecule has 2 aromatic carbocycles. The van der Waals surface area contributed by atoms with E-state index in [1.807, 2.05) is 0 Å². The largest absolute Gasteiger partial charge is 0.456 e. The van der Waals surface area contributed by atoms with Crippen molar-refractivity contribution < 1.29 is 18.8 Å². The van der Waals surface area contributed by atoms with Gasteiger partial charge in [0.1, 0.15) is 17.3 Å². The number of carbonyl (C=O) groups is 1. The zero-order valence-corrected chi connectivity index (χ0v) is 11.4. The number of Topliss-reactive ketones (excluding diaryl/α,β-unsaturated/α-hetero) is 1. The molecule has 6 heteroatoms. The van der Waals surface area contributed by atoms with E-state index in [0.717, 1.165) is 12.1 Å². The van der Waals surface area contributed by atoms with E-state index in [-0.39, 0.29) is 28.5 Å². The van der Waals surface area contributed by atoms with Crippen LogP contribution in [0.3, 0.4) is 0 Å². The van der Waals surface area contributed by atoms with Gasteiger partial charge in [-0.05, 0) is 38.1 Å². The van der Waals surface area contributed by atoms with E-state index in [2.05, 4.69) is 0 Å². The number of nitro groups is 1. The molecule has 0 N–H and O–H groups in total. The lowest BCUT2D eigenvalue weighted by atomic mass is 10.1. The maximum atomic E-state index is 13.2. The van der Waals surface area contributed by atoms with Gasteiger partial charge < -0.3 is 4.74 Å². The molecule has 0 saturated carbocycles. The maximum Gasteiger partial charge on any atom is 0.276 e. The van der Waals surface area contributed by atoms with Gasteiger partial charge in [0.05, 0.1) is 16.1 Å². The van der Waals surface area contributed by atoms with Gasteiger partial charge in [0.2, 0.25) is 0 Å². The van der Waals surface area contributed by atoms with Gasteiger partial charge in [-0.1, -0.05) is 6.07 Å². The highest BCUT2D eigenvalue weighted by Crippen LogP contribution is 2.32. The monoisotopic (exact) mass is 289 g/mol. The van der Waals surface area contributed by atoms with Gasteiger partial charge in [-0.25, -0.2) is 4.39 Å². The van der Waals surface area contributed by atoms with E-state index < -0.39 is 10.7 Å². The summed E-state index contributed by atoms with van der Waals surface area (Å²) in [6.45, 7) is 2.84. The van der Waals surface area contributed by atoms with Gasteiger partial charge in [-0.3, -0.25) is 14.9 Å². The Labute approximate surface area is 120 Å². The first-order valence-electron chi connectivity index (χ1n) is 6.12. The third-order valence-corrected chi connectivity index (χ3v) is 2.99. The van der Waals surface area contributed by atoms with Crippen molar-refractivity contribution >= 4 is 11.5 Å². The molecule has 2 aromatic rings. The summed E-state index contributed by atoms with van der Waals surface area (Å²) < 4.78 is 18.8. The van der Waals surface area contributed by atoms with Gasteiger partial charge in [-0.15, -0.1) is 0 Å². The molecule has 0 amide bonds. The fourth-order valence-corrected chi connectivity index (χ4v) is 1.90.